The van der Waals surface area contributed by atoms with E-state index in [9.17, 15) is 0 Å². The van der Waals surface area contributed by atoms with Crippen LogP contribution in [0.4, 0.5) is 0 Å². The van der Waals surface area contributed by atoms with E-state index in [0.717, 1.165) is 22.7 Å². The smallest absolute Gasteiger partial charge is 0.187 e. The van der Waals surface area contributed by atoms with Gasteiger partial charge < -0.3 is 5.73 Å². The molecule has 4 nitrogen and oxygen atoms in total. The molecule has 2 aromatic rings. The molecule has 0 saturated carbocycles. The number of pyridine rings is 1. The average Bonchev–Trinajstić information content (AvgIpc) is 3.08. The van der Waals surface area contributed by atoms with Crippen molar-refractivity contribution in [3.8, 4) is 0 Å². The Kier molecular flexibility index (Phi) is 3.27. The molecule has 1 atom stereocenters. The number of aromatic nitrogens is 1. The van der Waals surface area contributed by atoms with Gasteiger partial charge in [-0.05, 0) is 35.8 Å². The standard InChI is InChI=1S/C13H12N4S2/c14-13(18)17-11(9-4-1-2-6-15-9)8-10(16-17)12-5-3-7-19-12/h1-7,11H,8H2,(H2,14,18)/t11-/m1/s1. The van der Waals surface area contributed by atoms with Crippen LogP contribution in [0.1, 0.15) is 23.0 Å². The molecule has 0 unspecified atom stereocenters. The average molecular weight is 288 g/mol. The number of rotatable bonds is 2. The van der Waals surface area contributed by atoms with E-state index in [2.05, 4.69) is 16.2 Å². The van der Waals surface area contributed by atoms with E-state index in [1.807, 2.05) is 29.6 Å². The van der Waals surface area contributed by atoms with Gasteiger partial charge in [0.2, 0.25) is 0 Å². The Morgan fingerprint density at radius 2 is 2.26 bits per heavy atom. The van der Waals surface area contributed by atoms with Crippen molar-refractivity contribution in [2.24, 2.45) is 10.8 Å². The molecule has 0 saturated heterocycles. The van der Waals surface area contributed by atoms with E-state index in [0.29, 0.717) is 0 Å². The maximum atomic E-state index is 5.77. The molecule has 96 valence electrons. The lowest BCUT2D eigenvalue weighted by molar-refractivity contribution is 0.365. The number of thiocarbonyl (C=S) groups is 1. The molecule has 3 heterocycles. The number of hydrogen-bond acceptors (Lipinski definition) is 4. The number of thiophene rings is 1. The van der Waals surface area contributed by atoms with Gasteiger partial charge in [-0.1, -0.05) is 12.1 Å². The molecule has 19 heavy (non-hydrogen) atoms. The Labute approximate surface area is 120 Å². The monoisotopic (exact) mass is 288 g/mol. The van der Waals surface area contributed by atoms with Crippen LogP contribution in [0.5, 0.6) is 0 Å². The van der Waals surface area contributed by atoms with E-state index in [1.165, 1.54) is 0 Å². The van der Waals surface area contributed by atoms with Crippen LogP contribution >= 0.6 is 23.6 Å². The van der Waals surface area contributed by atoms with Gasteiger partial charge in [0, 0.05) is 12.6 Å². The van der Waals surface area contributed by atoms with Gasteiger partial charge in [-0.25, -0.2) is 5.01 Å². The molecule has 1 aliphatic rings. The Hall–Kier alpha value is -1.79. The van der Waals surface area contributed by atoms with Crippen molar-refractivity contribution in [3.63, 3.8) is 0 Å². The summed E-state index contributed by atoms with van der Waals surface area (Å²) in [7, 11) is 0. The quantitative estimate of drug-likeness (QED) is 0.863. The summed E-state index contributed by atoms with van der Waals surface area (Å²) >= 11 is 6.76. The van der Waals surface area contributed by atoms with Crippen LogP contribution in [0, 0.1) is 0 Å². The molecule has 0 aromatic carbocycles. The molecule has 0 radical (unpaired) electrons. The van der Waals surface area contributed by atoms with Crippen LogP contribution in [-0.4, -0.2) is 20.8 Å². The Morgan fingerprint density at radius 1 is 1.37 bits per heavy atom. The first-order valence-corrected chi connectivity index (χ1v) is 7.15. The van der Waals surface area contributed by atoms with Crippen molar-refractivity contribution in [2.75, 3.05) is 0 Å². The second kappa shape index (κ2) is 5.07. The highest BCUT2D eigenvalue weighted by Gasteiger charge is 2.31. The maximum Gasteiger partial charge on any atom is 0.187 e. The highest BCUT2D eigenvalue weighted by Crippen LogP contribution is 2.32. The second-order valence-corrected chi connectivity index (χ2v) is 5.55. The van der Waals surface area contributed by atoms with Crippen LogP contribution in [0.3, 0.4) is 0 Å². The van der Waals surface area contributed by atoms with Gasteiger partial charge in [0.05, 0.1) is 16.3 Å². The topological polar surface area (TPSA) is 54.5 Å². The molecule has 2 aromatic heterocycles. The molecule has 2 N–H and O–H groups in total. The summed E-state index contributed by atoms with van der Waals surface area (Å²) in [4.78, 5) is 5.53. The maximum absolute atomic E-state index is 5.77. The van der Waals surface area contributed by atoms with E-state index >= 15 is 0 Å². The van der Waals surface area contributed by atoms with E-state index < -0.39 is 0 Å². The van der Waals surface area contributed by atoms with Crippen LogP contribution in [0.15, 0.2) is 47.0 Å². The van der Waals surface area contributed by atoms with Gasteiger partial charge in [0.1, 0.15) is 6.04 Å². The SMILES string of the molecule is NC(=S)N1N=C(c2cccs2)C[C@@H]1c1ccccn1. The summed E-state index contributed by atoms with van der Waals surface area (Å²) in [5, 5.41) is 8.55. The number of hydrazone groups is 1. The van der Waals surface area contributed by atoms with Crippen molar-refractivity contribution >= 4 is 34.4 Å². The molecule has 0 spiro atoms. The van der Waals surface area contributed by atoms with E-state index in [-0.39, 0.29) is 11.2 Å². The van der Waals surface area contributed by atoms with Crippen molar-refractivity contribution < 1.29 is 0 Å². The summed E-state index contributed by atoms with van der Waals surface area (Å²) in [6.45, 7) is 0. The van der Waals surface area contributed by atoms with Gasteiger partial charge in [-0.15, -0.1) is 11.3 Å². The third-order valence-corrected chi connectivity index (χ3v) is 4.08. The van der Waals surface area contributed by atoms with Gasteiger partial charge >= 0.3 is 0 Å². The largest absolute Gasteiger partial charge is 0.375 e. The molecule has 0 fully saturated rings. The van der Waals surface area contributed by atoms with Gasteiger partial charge in [-0.3, -0.25) is 4.98 Å². The predicted molar refractivity (Wildman–Crippen MR) is 81.1 cm³/mol. The molecule has 0 bridgehead atoms. The van der Waals surface area contributed by atoms with Crippen molar-refractivity contribution in [2.45, 2.75) is 12.5 Å². The normalized spacial score (nSPS) is 18.4. The fourth-order valence-corrected chi connectivity index (χ4v) is 3.00. The summed E-state index contributed by atoms with van der Waals surface area (Å²) < 4.78 is 0. The molecule has 0 amide bonds. The van der Waals surface area contributed by atoms with Crippen LogP contribution in [-0.2, 0) is 0 Å². The number of nitrogens with two attached hydrogens (primary N) is 1. The number of nitrogens with zero attached hydrogens (tertiary/aromatic N) is 3. The highest BCUT2D eigenvalue weighted by atomic mass is 32.1. The lowest BCUT2D eigenvalue weighted by atomic mass is 10.1. The Bertz CT molecular complexity index is 607. The summed E-state index contributed by atoms with van der Waals surface area (Å²) in [6, 6.07) is 9.90. The zero-order valence-corrected chi connectivity index (χ0v) is 11.7. The fourth-order valence-electron chi connectivity index (χ4n) is 2.11. The molecule has 0 aliphatic carbocycles. The first kappa shape index (κ1) is 12.3. The molecular formula is C13H12N4S2. The lowest BCUT2D eigenvalue weighted by Crippen LogP contribution is -2.32. The summed E-state index contributed by atoms with van der Waals surface area (Å²) in [5.41, 5.74) is 7.72. The van der Waals surface area contributed by atoms with Crippen LogP contribution in [0.2, 0.25) is 0 Å². The second-order valence-electron chi connectivity index (χ2n) is 4.18. The minimum absolute atomic E-state index is 0.00389. The minimum Gasteiger partial charge on any atom is -0.375 e. The molecule has 1 aliphatic heterocycles. The molecule has 3 rings (SSSR count). The Morgan fingerprint density at radius 3 is 2.89 bits per heavy atom. The van der Waals surface area contributed by atoms with Crippen molar-refractivity contribution in [1.29, 1.82) is 0 Å². The zero-order chi connectivity index (χ0) is 13.2. The first-order chi connectivity index (χ1) is 9.25. The molecular weight excluding hydrogens is 276 g/mol. The van der Waals surface area contributed by atoms with Crippen LogP contribution in [0.25, 0.3) is 0 Å². The third-order valence-electron chi connectivity index (χ3n) is 2.97. The minimum atomic E-state index is -0.00389. The Balaban J connectivity index is 1.94. The zero-order valence-electron chi connectivity index (χ0n) is 10.1. The fraction of sp³-hybridized carbons (Fsp3) is 0.154. The lowest BCUT2D eigenvalue weighted by Gasteiger charge is -2.20. The van der Waals surface area contributed by atoms with Crippen molar-refractivity contribution in [1.82, 2.24) is 9.99 Å². The van der Waals surface area contributed by atoms with Gasteiger partial charge in [-0.2, -0.15) is 5.10 Å². The first-order valence-electron chi connectivity index (χ1n) is 5.86. The highest BCUT2D eigenvalue weighted by molar-refractivity contribution is 7.80. The van der Waals surface area contributed by atoms with E-state index in [4.69, 9.17) is 18.0 Å². The van der Waals surface area contributed by atoms with E-state index in [1.54, 1.807) is 22.5 Å². The van der Waals surface area contributed by atoms with Gasteiger partial charge in [0.15, 0.2) is 5.11 Å². The number of hydrogen-bond donors (Lipinski definition) is 1. The van der Waals surface area contributed by atoms with Crippen molar-refractivity contribution in [3.05, 3.63) is 52.5 Å². The predicted octanol–water partition coefficient (Wildman–Crippen LogP) is 2.54. The third kappa shape index (κ3) is 2.36. The van der Waals surface area contributed by atoms with Crippen LogP contribution < -0.4 is 5.73 Å². The summed E-state index contributed by atoms with van der Waals surface area (Å²) in [5.74, 6) is 0. The van der Waals surface area contributed by atoms with Gasteiger partial charge in [0.25, 0.3) is 0 Å². The molecule has 6 heteroatoms. The summed E-state index contributed by atoms with van der Waals surface area (Å²) in [6.07, 6.45) is 2.55.